The van der Waals surface area contributed by atoms with Crippen LogP contribution in [0.4, 0.5) is 0 Å². The van der Waals surface area contributed by atoms with E-state index in [4.69, 9.17) is 13.6 Å². The van der Waals surface area contributed by atoms with Crippen LogP contribution >= 0.6 is 0 Å². The Kier molecular flexibility index (Phi) is 11.3. The first-order valence-corrected chi connectivity index (χ1v) is 16.1. The smallest absolute Gasteiger partial charge is 0.311 e. The van der Waals surface area contributed by atoms with Gasteiger partial charge in [-0.05, 0) is 51.5 Å². The number of allylic oxidation sites excluding steroid dienone is 5. The number of rotatable bonds is 12. The highest BCUT2D eigenvalue weighted by atomic mass is 28.2. The molecule has 2 aliphatic carbocycles. The Morgan fingerprint density at radius 2 is 2.09 bits per heavy atom. The Balaban J connectivity index is 2.04. The van der Waals surface area contributed by atoms with E-state index in [0.717, 1.165) is 31.3 Å². The third-order valence-corrected chi connectivity index (χ3v) is 9.09. The normalized spacial score (nSPS) is 29.6. The van der Waals surface area contributed by atoms with E-state index in [1.807, 2.05) is 45.1 Å². The molecule has 0 saturated heterocycles. The van der Waals surface area contributed by atoms with Crippen molar-refractivity contribution < 1.29 is 23.2 Å². The molecule has 0 heterocycles. The van der Waals surface area contributed by atoms with Crippen molar-refractivity contribution in [3.05, 3.63) is 48.1 Å². The Bertz CT molecular complexity index is 877. The van der Waals surface area contributed by atoms with Crippen molar-refractivity contribution in [1.82, 2.24) is 0 Å². The summed E-state index contributed by atoms with van der Waals surface area (Å²) in [5.41, 5.74) is 1.93. The van der Waals surface area contributed by atoms with Gasteiger partial charge >= 0.3 is 5.97 Å². The molecule has 194 valence electrons. The van der Waals surface area contributed by atoms with Gasteiger partial charge in [-0.2, -0.15) is 0 Å². The molecule has 7 heteroatoms. The molecule has 7 atom stereocenters. The summed E-state index contributed by atoms with van der Waals surface area (Å²) in [6.07, 6.45) is 16.3. The highest BCUT2D eigenvalue weighted by Crippen LogP contribution is 2.53. The molecule has 1 fully saturated rings. The summed E-state index contributed by atoms with van der Waals surface area (Å²) in [5.74, 6) is -0.480. The molecule has 1 saturated carbocycles. The van der Waals surface area contributed by atoms with Gasteiger partial charge in [0.25, 0.3) is 0 Å². The molecule has 0 aromatic carbocycles. The van der Waals surface area contributed by atoms with E-state index in [1.165, 1.54) is 5.57 Å². The number of ether oxygens (including phenoxy) is 1. The third kappa shape index (κ3) is 7.57. The Hall–Kier alpha value is -1.84. The Morgan fingerprint density at radius 3 is 2.71 bits per heavy atom. The molecule has 0 radical (unpaired) electrons. The summed E-state index contributed by atoms with van der Waals surface area (Å²) >= 11 is 0. The first-order valence-electron chi connectivity index (χ1n) is 12.9. The monoisotopic (exact) mass is 516 g/mol. The van der Waals surface area contributed by atoms with Crippen molar-refractivity contribution in [3.63, 3.8) is 0 Å². The molecule has 0 amide bonds. The lowest BCUT2D eigenvalue weighted by atomic mass is 9.57. The zero-order chi connectivity index (χ0) is 26.2. The predicted molar refractivity (Wildman–Crippen MR) is 149 cm³/mol. The van der Waals surface area contributed by atoms with E-state index in [9.17, 15) is 9.59 Å². The van der Waals surface area contributed by atoms with Gasteiger partial charge in [0, 0.05) is 18.3 Å². The van der Waals surface area contributed by atoms with E-state index in [2.05, 4.69) is 39.2 Å². The van der Waals surface area contributed by atoms with E-state index >= 15 is 0 Å². The van der Waals surface area contributed by atoms with Crippen molar-refractivity contribution in [3.8, 4) is 0 Å². The van der Waals surface area contributed by atoms with Gasteiger partial charge in [0.15, 0.2) is 15.5 Å². The number of hydrogen-bond acceptors (Lipinski definition) is 5. The van der Waals surface area contributed by atoms with E-state index < -0.39 is 15.7 Å². The van der Waals surface area contributed by atoms with Crippen molar-refractivity contribution in [1.29, 1.82) is 0 Å². The van der Waals surface area contributed by atoms with Crippen LogP contribution in [0.3, 0.4) is 0 Å². The van der Waals surface area contributed by atoms with Crippen LogP contribution in [0.15, 0.2) is 48.1 Å². The summed E-state index contributed by atoms with van der Waals surface area (Å²) in [5, 5.41) is 0. The number of esters is 1. The molecule has 0 N–H and O–H groups in total. The molecule has 0 spiro atoms. The van der Waals surface area contributed by atoms with Gasteiger partial charge in [0.05, 0.1) is 18.1 Å². The van der Waals surface area contributed by atoms with Crippen molar-refractivity contribution in [2.45, 2.75) is 85.2 Å². The zero-order valence-corrected chi connectivity index (χ0v) is 25.0. The van der Waals surface area contributed by atoms with Crippen LogP contribution in [0.1, 0.15) is 60.3 Å². The van der Waals surface area contributed by atoms with Gasteiger partial charge in [-0.1, -0.05) is 68.6 Å². The van der Waals surface area contributed by atoms with Crippen LogP contribution in [0.25, 0.3) is 0 Å². The second-order valence-corrected chi connectivity index (χ2v) is 11.8. The van der Waals surface area contributed by atoms with Gasteiger partial charge in [-0.3, -0.25) is 9.59 Å². The summed E-state index contributed by atoms with van der Waals surface area (Å²) in [7, 11) is -0.904. The molecule has 0 aromatic heterocycles. The predicted octanol–water partition coefficient (Wildman–Crippen LogP) is 4.27. The molecule has 2 rings (SSSR count). The maximum Gasteiger partial charge on any atom is 0.311 e. The molecular weight excluding hydrogens is 472 g/mol. The fraction of sp³-hybridized carbons (Fsp3) is 0.607. The fourth-order valence-corrected chi connectivity index (χ4v) is 6.38. The highest BCUT2D eigenvalue weighted by Gasteiger charge is 2.49. The molecule has 35 heavy (non-hydrogen) atoms. The van der Waals surface area contributed by atoms with Crippen molar-refractivity contribution in [2.24, 2.45) is 23.2 Å². The van der Waals surface area contributed by atoms with Crippen LogP contribution in [0.5, 0.6) is 0 Å². The summed E-state index contributed by atoms with van der Waals surface area (Å²) in [6, 6.07) is 0. The minimum Gasteiger partial charge on any atom is -0.551 e. The van der Waals surface area contributed by atoms with Gasteiger partial charge in [-0.15, -0.1) is 0 Å². The molecular formula is C28H44O5Si2. The molecule has 7 unspecified atom stereocenters. The molecule has 5 nitrogen and oxygen atoms in total. The van der Waals surface area contributed by atoms with E-state index in [-0.39, 0.29) is 56.7 Å². The Morgan fingerprint density at radius 1 is 1.37 bits per heavy atom. The fourth-order valence-electron chi connectivity index (χ4n) is 5.16. The first kappa shape index (κ1) is 29.4. The standard InChI is InChI=1S/C28H44O5Si2/c1-18(2)23-17-28(6)21(5)26(15-14-22(28)16-24(23)29)31-27(30)20(4)25(33-35-8)13-11-9-10-12-19(3)32-34-7/h9-11,13,16,19-21,23,25-26,34H,1,7,12,14-15,17,35H2,2-6,8H3/b10-9+,13-11+. The van der Waals surface area contributed by atoms with Crippen molar-refractivity contribution >= 4 is 37.1 Å². The van der Waals surface area contributed by atoms with Crippen LogP contribution in [-0.4, -0.2) is 55.4 Å². The molecule has 0 aliphatic heterocycles. The van der Waals surface area contributed by atoms with Gasteiger partial charge in [0.1, 0.15) is 6.10 Å². The van der Waals surface area contributed by atoms with Crippen LogP contribution in [-0.2, 0) is 23.2 Å². The Labute approximate surface area is 216 Å². The lowest BCUT2D eigenvalue weighted by Crippen LogP contribution is -2.47. The largest absolute Gasteiger partial charge is 0.551 e. The van der Waals surface area contributed by atoms with Gasteiger partial charge < -0.3 is 13.6 Å². The minimum absolute atomic E-state index is 0.122. The second-order valence-electron chi connectivity index (χ2n) is 10.3. The maximum absolute atomic E-state index is 13.2. The van der Waals surface area contributed by atoms with Gasteiger partial charge in [-0.25, -0.2) is 0 Å². The minimum atomic E-state index is -0.707. The summed E-state index contributed by atoms with van der Waals surface area (Å²) < 4.78 is 17.6. The zero-order valence-electron chi connectivity index (χ0n) is 22.4. The first-order chi connectivity index (χ1) is 16.5. The quantitative estimate of drug-likeness (QED) is 0.168. The van der Waals surface area contributed by atoms with Crippen LogP contribution in [0.2, 0.25) is 6.55 Å². The number of carbonyl (C=O) groups excluding carboxylic acids is 2. The molecule has 0 bridgehead atoms. The third-order valence-electron chi connectivity index (χ3n) is 7.71. The van der Waals surface area contributed by atoms with Crippen molar-refractivity contribution in [2.75, 3.05) is 0 Å². The molecule has 0 aromatic rings. The SMILES string of the molecule is C=[SiH]OC(C)C/C=C/C=C/C(O[SiH2]C)C(C)C(=O)OC1CCC2=CC(=O)C(C(=C)C)CC2(C)C1C. The number of ketones is 1. The number of carbonyl (C=O) groups is 2. The van der Waals surface area contributed by atoms with E-state index in [0.29, 0.717) is 0 Å². The lowest BCUT2D eigenvalue weighted by Gasteiger charge is -2.49. The second kappa shape index (κ2) is 13.5. The van der Waals surface area contributed by atoms with Crippen LogP contribution in [0, 0.1) is 23.2 Å². The lowest BCUT2D eigenvalue weighted by molar-refractivity contribution is -0.163. The van der Waals surface area contributed by atoms with Gasteiger partial charge in [0.2, 0.25) is 9.38 Å². The highest BCUT2D eigenvalue weighted by molar-refractivity contribution is 6.33. The van der Waals surface area contributed by atoms with Crippen LogP contribution < -0.4 is 0 Å². The average molecular weight is 517 g/mol. The topological polar surface area (TPSA) is 61.8 Å². The average Bonchev–Trinajstić information content (AvgIpc) is 2.80. The molecule has 2 aliphatic rings. The number of fused-ring (bicyclic) bond motifs is 1. The summed E-state index contributed by atoms with van der Waals surface area (Å²) in [6.45, 7) is 16.3. The number of hydrogen-bond donors (Lipinski definition) is 0. The summed E-state index contributed by atoms with van der Waals surface area (Å²) in [4.78, 5) is 25.7. The van der Waals surface area contributed by atoms with E-state index in [1.54, 1.807) is 0 Å². The maximum atomic E-state index is 13.2.